The largest absolute Gasteiger partial charge is 0.497 e. The van der Waals surface area contributed by atoms with Crippen molar-refractivity contribution in [3.05, 3.63) is 65.4 Å². The zero-order valence-electron chi connectivity index (χ0n) is 16.0. The number of nitrogens with two attached hydrogens (primary N) is 1. The first-order chi connectivity index (χ1) is 13.6. The second-order valence-electron chi connectivity index (χ2n) is 7.27. The highest BCUT2D eigenvalue weighted by molar-refractivity contribution is 5.96. The molecule has 0 bridgehead atoms. The Kier molecular flexibility index (Phi) is 5.17. The third-order valence-corrected chi connectivity index (χ3v) is 5.24. The minimum Gasteiger partial charge on any atom is -0.497 e. The van der Waals surface area contributed by atoms with Gasteiger partial charge in [0.05, 0.1) is 7.11 Å². The maximum absolute atomic E-state index is 12.3. The molecule has 5 heteroatoms. The summed E-state index contributed by atoms with van der Waals surface area (Å²) in [5, 5.41) is 4.15. The van der Waals surface area contributed by atoms with Crippen molar-refractivity contribution in [3.63, 3.8) is 0 Å². The Bertz CT molecular complexity index is 1020. The maximum atomic E-state index is 12.3. The summed E-state index contributed by atoms with van der Waals surface area (Å²) in [5.74, 6) is 0.781. The summed E-state index contributed by atoms with van der Waals surface area (Å²) < 4.78 is 5.15. The molecule has 1 aromatic heterocycles. The number of aromatic nitrogens is 1. The van der Waals surface area contributed by atoms with E-state index in [1.54, 1.807) is 7.11 Å². The fourth-order valence-electron chi connectivity index (χ4n) is 3.75. The van der Waals surface area contributed by atoms with Crippen molar-refractivity contribution in [3.8, 4) is 5.75 Å². The quantitative estimate of drug-likeness (QED) is 0.630. The molecule has 0 saturated heterocycles. The molecular weight excluding hydrogens is 350 g/mol. The van der Waals surface area contributed by atoms with Crippen molar-refractivity contribution in [2.75, 3.05) is 12.4 Å². The lowest BCUT2D eigenvalue weighted by molar-refractivity contribution is -0.115. The molecular formula is C23H25N3O2. The summed E-state index contributed by atoms with van der Waals surface area (Å²) in [7, 11) is 1.64. The zero-order chi connectivity index (χ0) is 19.5. The number of anilines is 1. The molecule has 1 unspecified atom stereocenters. The predicted octanol–water partition coefficient (Wildman–Crippen LogP) is 4.03. The van der Waals surface area contributed by atoms with Crippen LogP contribution < -0.4 is 15.8 Å². The summed E-state index contributed by atoms with van der Waals surface area (Å²) in [4.78, 5) is 15.8. The van der Waals surface area contributed by atoms with Crippen molar-refractivity contribution < 1.29 is 9.53 Å². The summed E-state index contributed by atoms with van der Waals surface area (Å²) in [5.41, 5.74) is 11.7. The fourth-order valence-corrected chi connectivity index (χ4v) is 3.75. The normalized spacial score (nSPS) is 16.3. The first kappa shape index (κ1) is 18.3. The number of hydrogen-bond acceptors (Lipinski definition) is 3. The van der Waals surface area contributed by atoms with Gasteiger partial charge in [0, 0.05) is 34.7 Å². The van der Waals surface area contributed by atoms with E-state index in [0.717, 1.165) is 47.2 Å². The lowest BCUT2D eigenvalue weighted by Crippen LogP contribution is -2.27. The first-order valence-corrected chi connectivity index (χ1v) is 9.62. The number of methoxy groups -OCH3 is 1. The van der Waals surface area contributed by atoms with Crippen LogP contribution in [0.5, 0.6) is 5.75 Å². The molecule has 1 heterocycles. The molecule has 1 aliphatic carbocycles. The molecule has 0 spiro atoms. The molecule has 5 nitrogen and oxygen atoms in total. The third kappa shape index (κ3) is 3.94. The highest BCUT2D eigenvalue weighted by Gasteiger charge is 2.20. The van der Waals surface area contributed by atoms with Gasteiger partial charge in [0.15, 0.2) is 0 Å². The Morgan fingerprint density at radius 3 is 2.89 bits per heavy atom. The van der Waals surface area contributed by atoms with Crippen molar-refractivity contribution in [1.29, 1.82) is 0 Å². The smallest absolute Gasteiger partial charge is 0.228 e. The second-order valence-corrected chi connectivity index (χ2v) is 7.27. The van der Waals surface area contributed by atoms with Crippen molar-refractivity contribution >= 4 is 28.6 Å². The van der Waals surface area contributed by atoms with Crippen LogP contribution in [-0.4, -0.2) is 24.0 Å². The SMILES string of the molecule is COc1ccc(C=CCC(=O)Nc2ccc3[nH]c4c(c3c2)CC(N)CC4)cc1. The topological polar surface area (TPSA) is 80.1 Å². The molecule has 28 heavy (non-hydrogen) atoms. The van der Waals surface area contributed by atoms with E-state index < -0.39 is 0 Å². The maximum Gasteiger partial charge on any atom is 0.228 e. The van der Waals surface area contributed by atoms with Crippen molar-refractivity contribution in [1.82, 2.24) is 4.98 Å². The van der Waals surface area contributed by atoms with E-state index >= 15 is 0 Å². The third-order valence-electron chi connectivity index (χ3n) is 5.24. The van der Waals surface area contributed by atoms with Gasteiger partial charge in [-0.05, 0) is 60.7 Å². The Hall–Kier alpha value is -3.05. The van der Waals surface area contributed by atoms with Crippen LogP contribution in [0.1, 0.15) is 29.7 Å². The Morgan fingerprint density at radius 1 is 1.29 bits per heavy atom. The fraction of sp³-hybridized carbons (Fsp3) is 0.261. The second kappa shape index (κ2) is 7.90. The van der Waals surface area contributed by atoms with Gasteiger partial charge in [-0.25, -0.2) is 0 Å². The number of rotatable bonds is 5. The van der Waals surface area contributed by atoms with Crippen molar-refractivity contribution in [2.45, 2.75) is 31.7 Å². The van der Waals surface area contributed by atoms with Crippen LogP contribution in [0.4, 0.5) is 5.69 Å². The number of hydrogen-bond donors (Lipinski definition) is 3. The number of carbonyl (C=O) groups excluding carboxylic acids is 1. The first-order valence-electron chi connectivity index (χ1n) is 9.62. The Morgan fingerprint density at radius 2 is 2.11 bits per heavy atom. The van der Waals surface area contributed by atoms with E-state index in [0.29, 0.717) is 6.42 Å². The number of H-pyrrole nitrogens is 1. The van der Waals surface area contributed by atoms with Gasteiger partial charge >= 0.3 is 0 Å². The minimum atomic E-state index is -0.0368. The summed E-state index contributed by atoms with van der Waals surface area (Å²) in [6.45, 7) is 0. The molecule has 0 fully saturated rings. The summed E-state index contributed by atoms with van der Waals surface area (Å²) >= 11 is 0. The summed E-state index contributed by atoms with van der Waals surface area (Å²) in [6.07, 6.45) is 7.02. The van der Waals surface area contributed by atoms with Gasteiger partial charge in [-0.15, -0.1) is 0 Å². The van der Waals surface area contributed by atoms with Crippen LogP contribution in [0.25, 0.3) is 17.0 Å². The molecule has 0 aliphatic heterocycles. The van der Waals surface area contributed by atoms with Gasteiger partial charge in [0.1, 0.15) is 5.75 Å². The highest BCUT2D eigenvalue weighted by atomic mass is 16.5. The van der Waals surface area contributed by atoms with Gasteiger partial charge in [-0.1, -0.05) is 24.3 Å². The number of nitrogens with one attached hydrogen (secondary N) is 2. The molecule has 0 saturated carbocycles. The van der Waals surface area contributed by atoms with E-state index in [4.69, 9.17) is 10.5 Å². The van der Waals surface area contributed by atoms with Crippen LogP contribution in [0.15, 0.2) is 48.5 Å². The van der Waals surface area contributed by atoms with Crippen LogP contribution in [-0.2, 0) is 17.6 Å². The zero-order valence-corrected chi connectivity index (χ0v) is 16.0. The Labute approximate surface area is 164 Å². The Balaban J connectivity index is 1.41. The molecule has 144 valence electrons. The van der Waals surface area contributed by atoms with Crippen LogP contribution in [0.2, 0.25) is 0 Å². The lowest BCUT2D eigenvalue weighted by Gasteiger charge is -2.18. The van der Waals surface area contributed by atoms with Gasteiger partial charge < -0.3 is 20.8 Å². The monoisotopic (exact) mass is 375 g/mol. The van der Waals surface area contributed by atoms with Gasteiger partial charge in [-0.3, -0.25) is 4.79 Å². The molecule has 0 radical (unpaired) electrons. The number of aryl methyl sites for hydroxylation is 1. The van der Waals surface area contributed by atoms with E-state index in [1.165, 1.54) is 11.3 Å². The minimum absolute atomic E-state index is 0.0368. The molecule has 1 amide bonds. The standard InChI is InChI=1S/C23H25N3O2/c1-28-18-9-5-15(6-10-18)3-2-4-23(27)25-17-8-12-22-20(14-17)19-13-16(24)7-11-21(19)26-22/h2-3,5-6,8-10,12,14,16,26H,4,7,11,13,24H2,1H3,(H,25,27). The van der Waals surface area contributed by atoms with E-state index in [-0.39, 0.29) is 11.9 Å². The number of aromatic amines is 1. The number of benzene rings is 2. The molecule has 3 aromatic rings. The molecule has 4 rings (SSSR count). The van der Waals surface area contributed by atoms with Crippen molar-refractivity contribution in [2.24, 2.45) is 5.73 Å². The number of fused-ring (bicyclic) bond motifs is 3. The average Bonchev–Trinajstić information content (AvgIpc) is 3.06. The number of ether oxygens (including phenoxy) is 1. The van der Waals surface area contributed by atoms with Crippen LogP contribution >= 0.6 is 0 Å². The van der Waals surface area contributed by atoms with Crippen LogP contribution in [0.3, 0.4) is 0 Å². The van der Waals surface area contributed by atoms with E-state index in [2.05, 4.69) is 10.3 Å². The summed E-state index contributed by atoms with van der Waals surface area (Å²) in [6, 6.07) is 14.0. The van der Waals surface area contributed by atoms with Crippen LogP contribution in [0, 0.1) is 0 Å². The van der Waals surface area contributed by atoms with Gasteiger partial charge in [0.2, 0.25) is 5.91 Å². The van der Waals surface area contributed by atoms with E-state index in [9.17, 15) is 4.79 Å². The number of carbonyl (C=O) groups is 1. The number of amides is 1. The average molecular weight is 375 g/mol. The molecule has 4 N–H and O–H groups in total. The molecule has 1 atom stereocenters. The predicted molar refractivity (Wildman–Crippen MR) is 114 cm³/mol. The van der Waals surface area contributed by atoms with E-state index in [1.807, 2.05) is 54.6 Å². The molecule has 2 aromatic carbocycles. The lowest BCUT2D eigenvalue weighted by atomic mass is 9.92. The van der Waals surface area contributed by atoms with Gasteiger partial charge in [0.25, 0.3) is 0 Å². The molecule has 1 aliphatic rings. The highest BCUT2D eigenvalue weighted by Crippen LogP contribution is 2.30. The van der Waals surface area contributed by atoms with Gasteiger partial charge in [-0.2, -0.15) is 0 Å².